The zero-order valence-corrected chi connectivity index (χ0v) is 9.74. The quantitative estimate of drug-likeness (QED) is 0.772. The van der Waals surface area contributed by atoms with Crippen molar-refractivity contribution in [1.82, 2.24) is 5.32 Å². The number of hydrogen-bond acceptors (Lipinski definition) is 1. The summed E-state index contributed by atoms with van der Waals surface area (Å²) in [4.78, 5) is 0. The van der Waals surface area contributed by atoms with Crippen LogP contribution in [0.25, 0.3) is 0 Å². The average Bonchev–Trinajstić information content (AvgIpc) is 3.01. The molecule has 1 aliphatic rings. The van der Waals surface area contributed by atoms with Gasteiger partial charge in [-0.15, -0.1) is 0 Å². The van der Waals surface area contributed by atoms with Crippen LogP contribution in [0.5, 0.6) is 0 Å². The fourth-order valence-electron chi connectivity index (χ4n) is 1.99. The molecule has 1 N–H and O–H groups in total. The fourth-order valence-corrected chi connectivity index (χ4v) is 1.99. The summed E-state index contributed by atoms with van der Waals surface area (Å²) in [5, 5.41) is 3.74. The van der Waals surface area contributed by atoms with Crippen LogP contribution in [-0.2, 0) is 0 Å². The Labute approximate surface area is 92.9 Å². The zero-order chi connectivity index (χ0) is 10.7. The molecule has 82 valence electrons. The van der Waals surface area contributed by atoms with E-state index in [-0.39, 0.29) is 0 Å². The van der Waals surface area contributed by atoms with E-state index in [1.807, 2.05) is 0 Å². The third-order valence-electron chi connectivity index (χ3n) is 2.92. The van der Waals surface area contributed by atoms with Gasteiger partial charge in [0.15, 0.2) is 0 Å². The van der Waals surface area contributed by atoms with Crippen molar-refractivity contribution in [2.24, 2.45) is 5.92 Å². The molecular formula is C14H21N. The standard InChI is InChI=1S/C14H21N/c1-11(2)10-14(15-13-8-9-13)12-6-4-3-5-7-12/h3-7,11,13-15H,8-10H2,1-2H3. The molecule has 1 aromatic rings. The van der Waals surface area contributed by atoms with E-state index in [1.165, 1.54) is 24.8 Å². The molecule has 0 aliphatic heterocycles. The molecule has 1 heteroatoms. The van der Waals surface area contributed by atoms with Crippen LogP contribution >= 0.6 is 0 Å². The topological polar surface area (TPSA) is 12.0 Å². The summed E-state index contributed by atoms with van der Waals surface area (Å²) >= 11 is 0. The third-order valence-corrected chi connectivity index (χ3v) is 2.92. The van der Waals surface area contributed by atoms with E-state index in [0.29, 0.717) is 6.04 Å². The summed E-state index contributed by atoms with van der Waals surface area (Å²) in [5.74, 6) is 0.751. The highest BCUT2D eigenvalue weighted by atomic mass is 15.0. The summed E-state index contributed by atoms with van der Waals surface area (Å²) in [7, 11) is 0. The van der Waals surface area contributed by atoms with Crippen LogP contribution in [-0.4, -0.2) is 6.04 Å². The summed E-state index contributed by atoms with van der Waals surface area (Å²) < 4.78 is 0. The van der Waals surface area contributed by atoms with Crippen LogP contribution in [0.4, 0.5) is 0 Å². The predicted octanol–water partition coefficient (Wildman–Crippen LogP) is 3.53. The van der Waals surface area contributed by atoms with Crippen molar-refractivity contribution in [3.05, 3.63) is 35.9 Å². The van der Waals surface area contributed by atoms with Crippen molar-refractivity contribution in [2.45, 2.75) is 45.2 Å². The van der Waals surface area contributed by atoms with Crippen LogP contribution in [0, 0.1) is 5.92 Å². The number of nitrogens with one attached hydrogen (secondary N) is 1. The molecule has 1 fully saturated rings. The van der Waals surface area contributed by atoms with Gasteiger partial charge in [-0.2, -0.15) is 0 Å². The molecule has 2 rings (SSSR count). The molecule has 0 saturated heterocycles. The van der Waals surface area contributed by atoms with Crippen molar-refractivity contribution in [3.8, 4) is 0 Å². The maximum absolute atomic E-state index is 3.74. The van der Waals surface area contributed by atoms with Gasteiger partial charge in [0.05, 0.1) is 0 Å². The Morgan fingerprint density at radius 2 is 1.87 bits per heavy atom. The lowest BCUT2D eigenvalue weighted by Gasteiger charge is -2.21. The first-order valence-electron chi connectivity index (χ1n) is 6.06. The lowest BCUT2D eigenvalue weighted by Crippen LogP contribution is -2.24. The summed E-state index contributed by atoms with van der Waals surface area (Å²) in [5.41, 5.74) is 1.44. The molecule has 0 spiro atoms. The monoisotopic (exact) mass is 203 g/mol. The Hall–Kier alpha value is -0.820. The highest BCUT2D eigenvalue weighted by Crippen LogP contribution is 2.27. The Morgan fingerprint density at radius 3 is 2.40 bits per heavy atom. The average molecular weight is 203 g/mol. The molecule has 1 unspecified atom stereocenters. The Balaban J connectivity index is 2.03. The van der Waals surface area contributed by atoms with Crippen LogP contribution in [0.2, 0.25) is 0 Å². The molecule has 1 atom stereocenters. The van der Waals surface area contributed by atoms with Gasteiger partial charge in [0.25, 0.3) is 0 Å². The molecule has 0 heterocycles. The summed E-state index contributed by atoms with van der Waals surface area (Å²) in [6.07, 6.45) is 3.96. The molecule has 1 saturated carbocycles. The Morgan fingerprint density at radius 1 is 1.20 bits per heavy atom. The SMILES string of the molecule is CC(C)CC(NC1CC1)c1ccccc1. The zero-order valence-electron chi connectivity index (χ0n) is 9.74. The van der Waals surface area contributed by atoms with Gasteiger partial charge in [-0.25, -0.2) is 0 Å². The van der Waals surface area contributed by atoms with Crippen molar-refractivity contribution in [2.75, 3.05) is 0 Å². The first-order valence-corrected chi connectivity index (χ1v) is 6.06. The summed E-state index contributed by atoms with van der Waals surface area (Å²) in [6, 6.07) is 12.2. The lowest BCUT2D eigenvalue weighted by atomic mass is 9.97. The maximum atomic E-state index is 3.74. The molecule has 0 amide bonds. The third kappa shape index (κ3) is 3.35. The van der Waals surface area contributed by atoms with Gasteiger partial charge < -0.3 is 5.32 Å². The van der Waals surface area contributed by atoms with Crippen molar-refractivity contribution in [3.63, 3.8) is 0 Å². The molecule has 0 radical (unpaired) electrons. The van der Waals surface area contributed by atoms with Gasteiger partial charge in [-0.3, -0.25) is 0 Å². The van der Waals surface area contributed by atoms with E-state index in [2.05, 4.69) is 49.5 Å². The van der Waals surface area contributed by atoms with Crippen molar-refractivity contribution in [1.29, 1.82) is 0 Å². The Bertz CT molecular complexity index is 283. The number of hydrogen-bond donors (Lipinski definition) is 1. The van der Waals surface area contributed by atoms with Crippen LogP contribution in [0.15, 0.2) is 30.3 Å². The lowest BCUT2D eigenvalue weighted by molar-refractivity contribution is 0.427. The van der Waals surface area contributed by atoms with E-state index in [9.17, 15) is 0 Å². The minimum absolute atomic E-state index is 0.554. The van der Waals surface area contributed by atoms with Gasteiger partial charge in [0, 0.05) is 12.1 Å². The highest BCUT2D eigenvalue weighted by Gasteiger charge is 2.25. The molecule has 1 nitrogen and oxygen atoms in total. The van der Waals surface area contributed by atoms with Crippen LogP contribution < -0.4 is 5.32 Å². The molecule has 15 heavy (non-hydrogen) atoms. The molecule has 0 aromatic heterocycles. The smallest absolute Gasteiger partial charge is 0.0325 e. The number of benzene rings is 1. The van der Waals surface area contributed by atoms with E-state index < -0.39 is 0 Å². The summed E-state index contributed by atoms with van der Waals surface area (Å²) in [6.45, 7) is 4.59. The van der Waals surface area contributed by atoms with E-state index in [4.69, 9.17) is 0 Å². The normalized spacial score (nSPS) is 18.1. The van der Waals surface area contributed by atoms with Crippen LogP contribution in [0.1, 0.15) is 44.7 Å². The first-order chi connectivity index (χ1) is 7.25. The first kappa shape index (κ1) is 10.7. The molecule has 0 bridgehead atoms. The fraction of sp³-hybridized carbons (Fsp3) is 0.571. The number of rotatable bonds is 5. The Kier molecular flexibility index (Phi) is 3.42. The minimum atomic E-state index is 0.554. The van der Waals surface area contributed by atoms with Gasteiger partial charge in [0.2, 0.25) is 0 Å². The van der Waals surface area contributed by atoms with Gasteiger partial charge in [-0.1, -0.05) is 44.2 Å². The van der Waals surface area contributed by atoms with Crippen molar-refractivity contribution >= 4 is 0 Å². The highest BCUT2D eigenvalue weighted by molar-refractivity contribution is 5.19. The van der Waals surface area contributed by atoms with Gasteiger partial charge in [0.1, 0.15) is 0 Å². The predicted molar refractivity (Wildman–Crippen MR) is 64.8 cm³/mol. The minimum Gasteiger partial charge on any atom is -0.307 e. The van der Waals surface area contributed by atoms with Crippen LogP contribution in [0.3, 0.4) is 0 Å². The molecule has 1 aromatic carbocycles. The van der Waals surface area contributed by atoms with E-state index >= 15 is 0 Å². The largest absolute Gasteiger partial charge is 0.307 e. The molecule has 1 aliphatic carbocycles. The van der Waals surface area contributed by atoms with Gasteiger partial charge >= 0.3 is 0 Å². The molecular weight excluding hydrogens is 182 g/mol. The second-order valence-corrected chi connectivity index (χ2v) is 5.03. The second-order valence-electron chi connectivity index (χ2n) is 5.03. The van der Waals surface area contributed by atoms with Gasteiger partial charge in [-0.05, 0) is 30.7 Å². The van der Waals surface area contributed by atoms with E-state index in [0.717, 1.165) is 12.0 Å². The second kappa shape index (κ2) is 4.80. The maximum Gasteiger partial charge on any atom is 0.0325 e. The van der Waals surface area contributed by atoms with E-state index in [1.54, 1.807) is 0 Å². The van der Waals surface area contributed by atoms with Crippen molar-refractivity contribution < 1.29 is 0 Å².